The molecule has 0 aromatic carbocycles. The Hall–Kier alpha value is -0.160. The van der Waals surface area contributed by atoms with Crippen molar-refractivity contribution in [1.29, 1.82) is 0 Å². The molecule has 1 rings (SSSR count). The van der Waals surface area contributed by atoms with E-state index in [0.29, 0.717) is 6.61 Å². The highest BCUT2D eigenvalue weighted by molar-refractivity contribution is 4.65. The average Bonchev–Trinajstić information content (AvgIpc) is 2.50. The molecule has 1 fully saturated rings. The normalized spacial score (nSPS) is 19.4. The minimum absolute atomic E-state index is 0.403. The summed E-state index contributed by atoms with van der Waals surface area (Å²) in [5.74, 6) is 0. The Labute approximate surface area is 66.6 Å². The molecule has 0 radical (unpaired) electrons. The quantitative estimate of drug-likeness (QED) is 0.314. The van der Waals surface area contributed by atoms with Crippen LogP contribution in [0.5, 0.6) is 0 Å². The van der Waals surface area contributed by atoms with Gasteiger partial charge in [-0.1, -0.05) is 0 Å². The monoisotopic (exact) mass is 160 g/mol. The number of likely N-dealkylation sites (tertiary alicyclic amines) is 1. The van der Waals surface area contributed by atoms with Gasteiger partial charge in [0.25, 0.3) is 0 Å². The summed E-state index contributed by atoms with van der Waals surface area (Å²) < 4.78 is 0. The van der Waals surface area contributed by atoms with E-state index >= 15 is 0 Å². The fraction of sp³-hybridized carbons (Fsp3) is 1.00. The summed E-state index contributed by atoms with van der Waals surface area (Å²) in [4.78, 5) is 6.58. The SMILES string of the molecule is [O-]OOCCCN1CCCC1. The van der Waals surface area contributed by atoms with Crippen molar-refractivity contribution >= 4 is 0 Å². The van der Waals surface area contributed by atoms with Crippen LogP contribution in [0.3, 0.4) is 0 Å². The Morgan fingerprint density at radius 1 is 1.27 bits per heavy atom. The molecule has 1 saturated heterocycles. The Morgan fingerprint density at radius 2 is 2.00 bits per heavy atom. The Bertz CT molecular complexity index is 93.7. The second-order valence-corrected chi connectivity index (χ2v) is 2.79. The first kappa shape index (κ1) is 8.93. The van der Waals surface area contributed by atoms with E-state index in [4.69, 9.17) is 0 Å². The van der Waals surface area contributed by atoms with Gasteiger partial charge in [-0.15, -0.1) is 0 Å². The standard InChI is InChI=1S/C7H15NO3/c9-11-10-7-3-6-8-4-1-2-5-8/h9H,1-7H2/p-1. The zero-order chi connectivity index (χ0) is 7.94. The Morgan fingerprint density at radius 3 is 2.64 bits per heavy atom. The van der Waals surface area contributed by atoms with E-state index in [-0.39, 0.29) is 0 Å². The number of rotatable bonds is 5. The summed E-state index contributed by atoms with van der Waals surface area (Å²) in [6.07, 6.45) is 3.49. The first-order valence-corrected chi connectivity index (χ1v) is 4.07. The Kier molecular flexibility index (Phi) is 4.45. The van der Waals surface area contributed by atoms with E-state index in [1.807, 2.05) is 0 Å². The molecule has 0 atom stereocenters. The van der Waals surface area contributed by atoms with Crippen LogP contribution in [-0.2, 0) is 9.93 Å². The van der Waals surface area contributed by atoms with Gasteiger partial charge in [0.2, 0.25) is 0 Å². The fourth-order valence-corrected chi connectivity index (χ4v) is 1.39. The van der Waals surface area contributed by atoms with Gasteiger partial charge in [0.05, 0.1) is 6.61 Å². The summed E-state index contributed by atoms with van der Waals surface area (Å²) in [5.41, 5.74) is 0. The van der Waals surface area contributed by atoms with Crippen molar-refractivity contribution in [3.05, 3.63) is 0 Å². The van der Waals surface area contributed by atoms with E-state index in [1.54, 1.807) is 0 Å². The van der Waals surface area contributed by atoms with E-state index in [9.17, 15) is 5.26 Å². The van der Waals surface area contributed by atoms with Gasteiger partial charge >= 0.3 is 0 Å². The predicted molar refractivity (Wildman–Crippen MR) is 37.3 cm³/mol. The molecule has 1 heterocycles. The van der Waals surface area contributed by atoms with Gasteiger partial charge in [0.1, 0.15) is 0 Å². The lowest BCUT2D eigenvalue weighted by atomic mass is 10.4. The lowest BCUT2D eigenvalue weighted by Crippen LogP contribution is -2.21. The summed E-state index contributed by atoms with van der Waals surface area (Å²) in [5, 5.41) is 12.6. The van der Waals surface area contributed by atoms with Crippen LogP contribution in [-0.4, -0.2) is 31.1 Å². The second kappa shape index (κ2) is 5.49. The molecule has 0 aromatic rings. The van der Waals surface area contributed by atoms with Crippen molar-refractivity contribution in [3.8, 4) is 0 Å². The van der Waals surface area contributed by atoms with Crippen LogP contribution in [0.25, 0.3) is 0 Å². The molecule has 1 aliphatic heterocycles. The van der Waals surface area contributed by atoms with E-state index in [1.165, 1.54) is 25.9 Å². The highest BCUT2D eigenvalue weighted by atomic mass is 17.5. The first-order chi connectivity index (χ1) is 5.43. The molecular weight excluding hydrogens is 146 g/mol. The van der Waals surface area contributed by atoms with Crippen LogP contribution in [0.4, 0.5) is 0 Å². The maximum absolute atomic E-state index is 9.39. The highest BCUT2D eigenvalue weighted by Gasteiger charge is 2.09. The summed E-state index contributed by atoms with van der Waals surface area (Å²) in [6.45, 7) is 3.81. The van der Waals surface area contributed by atoms with Crippen molar-refractivity contribution in [2.75, 3.05) is 26.2 Å². The zero-order valence-corrected chi connectivity index (χ0v) is 6.62. The molecule has 0 aromatic heterocycles. The third-order valence-corrected chi connectivity index (χ3v) is 1.95. The minimum atomic E-state index is 0.403. The lowest BCUT2D eigenvalue weighted by molar-refractivity contribution is -0.800. The molecule has 0 N–H and O–H groups in total. The average molecular weight is 160 g/mol. The third-order valence-electron chi connectivity index (χ3n) is 1.95. The molecule has 1 aliphatic rings. The maximum Gasteiger partial charge on any atom is 0.0826 e. The van der Waals surface area contributed by atoms with E-state index in [2.05, 4.69) is 14.8 Å². The van der Waals surface area contributed by atoms with Crippen LogP contribution in [0.15, 0.2) is 0 Å². The number of hydrogen-bond donors (Lipinski definition) is 0. The molecule has 0 aliphatic carbocycles. The van der Waals surface area contributed by atoms with Gasteiger partial charge in [-0.3, -0.25) is 5.04 Å². The van der Waals surface area contributed by atoms with Gasteiger partial charge in [0.15, 0.2) is 0 Å². The van der Waals surface area contributed by atoms with Gasteiger partial charge in [0, 0.05) is 6.54 Å². The van der Waals surface area contributed by atoms with E-state index in [0.717, 1.165) is 13.0 Å². The molecule has 4 nitrogen and oxygen atoms in total. The number of hydrogen-bond acceptors (Lipinski definition) is 4. The number of nitrogens with zero attached hydrogens (tertiary/aromatic N) is 1. The van der Waals surface area contributed by atoms with Crippen molar-refractivity contribution in [1.82, 2.24) is 4.90 Å². The van der Waals surface area contributed by atoms with Crippen LogP contribution in [0.1, 0.15) is 19.3 Å². The Balaban J connectivity index is 1.86. The molecule has 0 unspecified atom stereocenters. The van der Waals surface area contributed by atoms with Crippen LogP contribution in [0, 0.1) is 0 Å². The van der Waals surface area contributed by atoms with Gasteiger partial charge in [-0.25, -0.2) is 4.89 Å². The lowest BCUT2D eigenvalue weighted by Gasteiger charge is -2.13. The van der Waals surface area contributed by atoms with Crippen molar-refractivity contribution < 1.29 is 15.2 Å². The molecule has 0 bridgehead atoms. The molecule has 0 amide bonds. The maximum atomic E-state index is 9.39. The van der Waals surface area contributed by atoms with E-state index < -0.39 is 0 Å². The van der Waals surface area contributed by atoms with Gasteiger partial charge < -0.3 is 10.2 Å². The topological polar surface area (TPSA) is 44.8 Å². The van der Waals surface area contributed by atoms with Crippen LogP contribution in [0.2, 0.25) is 0 Å². The van der Waals surface area contributed by atoms with Crippen molar-refractivity contribution in [3.63, 3.8) is 0 Å². The minimum Gasteiger partial charge on any atom is -0.692 e. The van der Waals surface area contributed by atoms with Crippen molar-refractivity contribution in [2.24, 2.45) is 0 Å². The molecule has 11 heavy (non-hydrogen) atoms. The predicted octanol–water partition coefficient (Wildman–Crippen LogP) is -0.304. The summed E-state index contributed by atoms with van der Waals surface area (Å²) in [6, 6.07) is 0. The van der Waals surface area contributed by atoms with Gasteiger partial charge in [-0.05, 0) is 32.4 Å². The smallest absolute Gasteiger partial charge is 0.0826 e. The highest BCUT2D eigenvalue weighted by Crippen LogP contribution is 2.06. The summed E-state index contributed by atoms with van der Waals surface area (Å²) in [7, 11) is 0. The summed E-state index contributed by atoms with van der Waals surface area (Å²) >= 11 is 0. The largest absolute Gasteiger partial charge is 0.692 e. The van der Waals surface area contributed by atoms with Crippen molar-refractivity contribution in [2.45, 2.75) is 19.3 Å². The third kappa shape index (κ3) is 3.67. The zero-order valence-electron chi connectivity index (χ0n) is 6.62. The first-order valence-electron chi connectivity index (χ1n) is 4.07. The van der Waals surface area contributed by atoms with Crippen LogP contribution < -0.4 is 5.26 Å². The molecule has 4 heteroatoms. The van der Waals surface area contributed by atoms with Crippen LogP contribution >= 0.6 is 0 Å². The molecule has 0 saturated carbocycles. The fourth-order valence-electron chi connectivity index (χ4n) is 1.39. The molecule has 66 valence electrons. The molecular formula is C7H14NO3-. The second-order valence-electron chi connectivity index (χ2n) is 2.79. The van der Waals surface area contributed by atoms with Gasteiger partial charge in [-0.2, -0.15) is 0 Å². The molecule has 0 spiro atoms.